The lowest BCUT2D eigenvalue weighted by Crippen LogP contribution is -2.31. The molecule has 0 spiro atoms. The van der Waals surface area contributed by atoms with Crippen LogP contribution in [0.5, 0.6) is 0 Å². The first kappa shape index (κ1) is 11.7. The van der Waals surface area contributed by atoms with Crippen molar-refractivity contribution in [1.29, 1.82) is 0 Å². The van der Waals surface area contributed by atoms with Gasteiger partial charge in [0.05, 0.1) is 11.9 Å². The number of benzene rings is 1. The van der Waals surface area contributed by atoms with Gasteiger partial charge in [-0.2, -0.15) is 0 Å². The SMILES string of the molecule is C=Cc1ccc(C(=O)[O-])c(C(=O)[O-])c1C=C. The molecule has 0 saturated carbocycles. The Labute approximate surface area is 92.2 Å². The van der Waals surface area contributed by atoms with Gasteiger partial charge >= 0.3 is 0 Å². The van der Waals surface area contributed by atoms with Gasteiger partial charge in [0.2, 0.25) is 0 Å². The van der Waals surface area contributed by atoms with Crippen LogP contribution in [0.25, 0.3) is 12.2 Å². The molecule has 0 aliphatic rings. The molecule has 0 aliphatic heterocycles. The summed E-state index contributed by atoms with van der Waals surface area (Å²) in [5.74, 6) is -3.16. The molecule has 1 rings (SSSR count). The van der Waals surface area contributed by atoms with Gasteiger partial charge in [-0.3, -0.25) is 0 Å². The van der Waals surface area contributed by atoms with Gasteiger partial charge < -0.3 is 19.8 Å². The number of rotatable bonds is 4. The van der Waals surface area contributed by atoms with Crippen LogP contribution in [0, 0.1) is 0 Å². The van der Waals surface area contributed by atoms with E-state index in [1.165, 1.54) is 18.2 Å². The molecule has 0 atom stereocenters. The standard InChI is InChI=1S/C12H10O4/c1-3-7-5-6-9(11(13)14)10(12(15)16)8(7)4-2/h3-6H,1-2H2,(H,13,14)(H,15,16)/p-2. The molecule has 0 saturated heterocycles. The van der Waals surface area contributed by atoms with E-state index in [-0.39, 0.29) is 5.56 Å². The number of carbonyl (C=O) groups is 2. The quantitative estimate of drug-likeness (QED) is 0.692. The van der Waals surface area contributed by atoms with Crippen LogP contribution in [0.3, 0.4) is 0 Å². The Balaban J connectivity index is 3.69. The van der Waals surface area contributed by atoms with Gasteiger partial charge in [-0.05, 0) is 11.1 Å². The Bertz CT molecular complexity index is 486. The molecule has 0 aromatic heterocycles. The lowest BCUT2D eigenvalue weighted by atomic mass is 9.96. The molecular weight excluding hydrogens is 208 g/mol. The minimum absolute atomic E-state index is 0.164. The largest absolute Gasteiger partial charge is 0.545 e. The molecule has 0 bridgehead atoms. The highest BCUT2D eigenvalue weighted by molar-refractivity contribution is 6.03. The Morgan fingerprint density at radius 2 is 1.69 bits per heavy atom. The van der Waals surface area contributed by atoms with Crippen LogP contribution in [0.4, 0.5) is 0 Å². The van der Waals surface area contributed by atoms with Crippen molar-refractivity contribution in [3.05, 3.63) is 47.5 Å². The molecule has 0 heterocycles. The van der Waals surface area contributed by atoms with E-state index in [9.17, 15) is 19.8 Å². The van der Waals surface area contributed by atoms with E-state index >= 15 is 0 Å². The summed E-state index contributed by atoms with van der Waals surface area (Å²) in [5.41, 5.74) is -0.233. The highest BCUT2D eigenvalue weighted by Crippen LogP contribution is 2.21. The summed E-state index contributed by atoms with van der Waals surface area (Å²) in [6.07, 6.45) is 2.65. The Morgan fingerprint density at radius 1 is 1.06 bits per heavy atom. The van der Waals surface area contributed by atoms with E-state index in [1.807, 2.05) is 0 Å². The number of carboxylic acids is 2. The Morgan fingerprint density at radius 3 is 2.06 bits per heavy atom. The van der Waals surface area contributed by atoms with Crippen LogP contribution in [0.1, 0.15) is 31.8 Å². The Kier molecular flexibility index (Phi) is 3.25. The van der Waals surface area contributed by atoms with E-state index in [4.69, 9.17) is 0 Å². The average Bonchev–Trinajstić information content (AvgIpc) is 2.26. The van der Waals surface area contributed by atoms with Crippen LogP contribution in [0.2, 0.25) is 0 Å². The molecule has 0 amide bonds. The fourth-order valence-corrected chi connectivity index (χ4v) is 1.42. The van der Waals surface area contributed by atoms with Crippen LogP contribution in [-0.2, 0) is 0 Å². The van der Waals surface area contributed by atoms with Crippen LogP contribution in [-0.4, -0.2) is 11.9 Å². The molecule has 1 aromatic rings. The van der Waals surface area contributed by atoms with Crippen LogP contribution < -0.4 is 10.2 Å². The van der Waals surface area contributed by atoms with Crippen molar-refractivity contribution in [1.82, 2.24) is 0 Å². The molecule has 0 aliphatic carbocycles. The summed E-state index contributed by atoms with van der Waals surface area (Å²) < 4.78 is 0. The predicted octanol–water partition coefficient (Wildman–Crippen LogP) is -0.300. The van der Waals surface area contributed by atoms with Gasteiger partial charge in [-0.1, -0.05) is 37.4 Å². The van der Waals surface area contributed by atoms with Crippen molar-refractivity contribution in [3.8, 4) is 0 Å². The van der Waals surface area contributed by atoms with Crippen molar-refractivity contribution in [2.75, 3.05) is 0 Å². The van der Waals surface area contributed by atoms with Crippen LogP contribution >= 0.6 is 0 Å². The minimum atomic E-state index is -1.59. The van der Waals surface area contributed by atoms with Crippen molar-refractivity contribution in [2.24, 2.45) is 0 Å². The fourth-order valence-electron chi connectivity index (χ4n) is 1.42. The van der Waals surface area contributed by atoms with E-state index < -0.39 is 23.1 Å². The normalized spacial score (nSPS) is 9.50. The highest BCUT2D eigenvalue weighted by atomic mass is 16.4. The van der Waals surface area contributed by atoms with Crippen molar-refractivity contribution in [3.63, 3.8) is 0 Å². The van der Waals surface area contributed by atoms with Gasteiger partial charge in [0.25, 0.3) is 0 Å². The lowest BCUT2D eigenvalue weighted by Gasteiger charge is -2.16. The summed E-state index contributed by atoms with van der Waals surface area (Å²) in [6, 6.07) is 2.58. The molecule has 0 N–H and O–H groups in total. The van der Waals surface area contributed by atoms with E-state index in [1.54, 1.807) is 0 Å². The molecule has 0 fully saturated rings. The predicted molar refractivity (Wildman–Crippen MR) is 55.3 cm³/mol. The smallest absolute Gasteiger partial charge is 0.0728 e. The van der Waals surface area contributed by atoms with Gasteiger partial charge in [-0.25, -0.2) is 0 Å². The average molecular weight is 216 g/mol. The summed E-state index contributed by atoms with van der Waals surface area (Å²) in [5, 5.41) is 21.6. The molecule has 16 heavy (non-hydrogen) atoms. The molecule has 82 valence electrons. The molecule has 1 aromatic carbocycles. The molecule has 0 radical (unpaired) electrons. The zero-order valence-electron chi connectivity index (χ0n) is 8.36. The maximum absolute atomic E-state index is 10.9. The highest BCUT2D eigenvalue weighted by Gasteiger charge is 2.11. The first-order chi connectivity index (χ1) is 7.52. The summed E-state index contributed by atoms with van der Waals surface area (Å²) in [7, 11) is 0. The second-order valence-corrected chi connectivity index (χ2v) is 2.97. The van der Waals surface area contributed by atoms with Crippen LogP contribution in [0.15, 0.2) is 25.3 Å². The third kappa shape index (κ3) is 1.86. The van der Waals surface area contributed by atoms with Crippen molar-refractivity contribution < 1.29 is 19.8 Å². The number of hydrogen-bond donors (Lipinski definition) is 0. The first-order valence-corrected chi connectivity index (χ1v) is 4.37. The summed E-state index contributed by atoms with van der Waals surface area (Å²) in [6.45, 7) is 6.92. The van der Waals surface area contributed by atoms with E-state index in [0.717, 1.165) is 6.07 Å². The van der Waals surface area contributed by atoms with Crippen molar-refractivity contribution in [2.45, 2.75) is 0 Å². The number of carbonyl (C=O) groups excluding carboxylic acids is 2. The van der Waals surface area contributed by atoms with Gasteiger partial charge in [0, 0.05) is 11.1 Å². The van der Waals surface area contributed by atoms with Crippen molar-refractivity contribution >= 4 is 24.1 Å². The molecular formula is C12H8O4-2. The minimum Gasteiger partial charge on any atom is -0.545 e. The maximum Gasteiger partial charge on any atom is 0.0728 e. The Hall–Kier alpha value is -2.36. The fraction of sp³-hybridized carbons (Fsp3) is 0. The summed E-state index contributed by atoms with van der Waals surface area (Å²) >= 11 is 0. The molecule has 4 heteroatoms. The topological polar surface area (TPSA) is 80.3 Å². The second-order valence-electron chi connectivity index (χ2n) is 2.97. The summed E-state index contributed by atoms with van der Waals surface area (Å²) in [4.78, 5) is 21.6. The maximum atomic E-state index is 10.9. The number of aromatic carboxylic acids is 2. The monoisotopic (exact) mass is 216 g/mol. The van der Waals surface area contributed by atoms with Gasteiger partial charge in [0.1, 0.15) is 0 Å². The zero-order chi connectivity index (χ0) is 12.3. The number of hydrogen-bond acceptors (Lipinski definition) is 4. The van der Waals surface area contributed by atoms with Gasteiger partial charge in [0.15, 0.2) is 0 Å². The zero-order valence-corrected chi connectivity index (χ0v) is 8.36. The third-order valence-electron chi connectivity index (χ3n) is 2.13. The van der Waals surface area contributed by atoms with Gasteiger partial charge in [-0.15, -0.1) is 0 Å². The number of carboxylic acid groups (broad SMARTS) is 2. The molecule has 0 unspecified atom stereocenters. The first-order valence-electron chi connectivity index (χ1n) is 4.37. The second kappa shape index (κ2) is 4.44. The lowest BCUT2D eigenvalue weighted by molar-refractivity contribution is -0.259. The third-order valence-corrected chi connectivity index (χ3v) is 2.13. The van der Waals surface area contributed by atoms with E-state index in [2.05, 4.69) is 13.2 Å². The van der Waals surface area contributed by atoms with E-state index in [0.29, 0.717) is 5.56 Å². The molecule has 4 nitrogen and oxygen atoms in total.